The highest BCUT2D eigenvalue weighted by molar-refractivity contribution is 5.38. The Hall–Kier alpha value is -2.65. The summed E-state index contributed by atoms with van der Waals surface area (Å²) in [7, 11) is 1.54. The molecule has 7 nitrogen and oxygen atoms in total. The first-order valence-corrected chi connectivity index (χ1v) is 7.73. The van der Waals surface area contributed by atoms with Crippen LogP contribution in [0, 0.1) is 0 Å². The number of aromatic nitrogens is 4. The SMILES string of the molecule is COc1ccnc(N2CCC(Nc3cc(C(F)(F)F)ncn3)CC2)n1. The number of ether oxygens (including phenoxy) is 1. The fourth-order valence-electron chi connectivity index (χ4n) is 2.62. The Balaban J connectivity index is 1.59. The van der Waals surface area contributed by atoms with E-state index in [0.29, 0.717) is 24.9 Å². The summed E-state index contributed by atoms with van der Waals surface area (Å²) >= 11 is 0. The van der Waals surface area contributed by atoms with Gasteiger partial charge in [-0.05, 0) is 12.8 Å². The van der Waals surface area contributed by atoms with Crippen LogP contribution in [0.15, 0.2) is 24.7 Å². The quantitative estimate of drug-likeness (QED) is 0.903. The van der Waals surface area contributed by atoms with Gasteiger partial charge in [-0.2, -0.15) is 18.2 Å². The van der Waals surface area contributed by atoms with Gasteiger partial charge in [0.05, 0.1) is 7.11 Å². The van der Waals surface area contributed by atoms with E-state index >= 15 is 0 Å². The van der Waals surface area contributed by atoms with Crippen LogP contribution in [0.5, 0.6) is 5.88 Å². The third-order valence-corrected chi connectivity index (χ3v) is 3.91. The van der Waals surface area contributed by atoms with Gasteiger partial charge in [-0.1, -0.05) is 0 Å². The molecule has 1 N–H and O–H groups in total. The van der Waals surface area contributed by atoms with Crippen molar-refractivity contribution in [3.05, 3.63) is 30.4 Å². The van der Waals surface area contributed by atoms with Gasteiger partial charge in [0.25, 0.3) is 0 Å². The lowest BCUT2D eigenvalue weighted by Crippen LogP contribution is -2.40. The third-order valence-electron chi connectivity index (χ3n) is 3.91. The monoisotopic (exact) mass is 354 g/mol. The molecule has 1 saturated heterocycles. The minimum atomic E-state index is -4.48. The summed E-state index contributed by atoms with van der Waals surface area (Å²) in [4.78, 5) is 17.7. The molecule has 1 aliphatic rings. The second-order valence-electron chi connectivity index (χ2n) is 5.59. The summed E-state index contributed by atoms with van der Waals surface area (Å²) in [6.07, 6.45) is -0.473. The van der Waals surface area contributed by atoms with Crippen LogP contribution in [0.3, 0.4) is 0 Å². The molecule has 1 fully saturated rings. The number of nitrogens with zero attached hydrogens (tertiary/aromatic N) is 5. The van der Waals surface area contributed by atoms with Gasteiger partial charge in [-0.25, -0.2) is 15.0 Å². The number of methoxy groups -OCH3 is 1. The summed E-state index contributed by atoms with van der Waals surface area (Å²) in [5.74, 6) is 1.25. The molecule has 0 aromatic carbocycles. The van der Waals surface area contributed by atoms with Crippen LogP contribution in [0.25, 0.3) is 0 Å². The number of halogens is 3. The van der Waals surface area contributed by atoms with E-state index < -0.39 is 11.9 Å². The average Bonchev–Trinajstić information content (AvgIpc) is 2.62. The first-order chi connectivity index (χ1) is 12.0. The summed E-state index contributed by atoms with van der Waals surface area (Å²) < 4.78 is 43.2. The normalized spacial score (nSPS) is 15.9. The molecule has 0 amide bonds. The maximum atomic E-state index is 12.7. The number of piperidine rings is 1. The summed E-state index contributed by atoms with van der Waals surface area (Å²) in [5.41, 5.74) is -0.952. The summed E-state index contributed by atoms with van der Waals surface area (Å²) in [5, 5.41) is 3.04. The largest absolute Gasteiger partial charge is 0.481 e. The molecule has 0 unspecified atom stereocenters. The smallest absolute Gasteiger partial charge is 0.433 e. The third kappa shape index (κ3) is 4.25. The number of hydrogen-bond donors (Lipinski definition) is 1. The highest BCUT2D eigenvalue weighted by Gasteiger charge is 2.33. The highest BCUT2D eigenvalue weighted by atomic mass is 19.4. The van der Waals surface area contributed by atoms with Crippen LogP contribution >= 0.6 is 0 Å². The van der Waals surface area contributed by atoms with Crippen LogP contribution in [0.1, 0.15) is 18.5 Å². The molecule has 25 heavy (non-hydrogen) atoms. The zero-order chi connectivity index (χ0) is 17.9. The van der Waals surface area contributed by atoms with Gasteiger partial charge in [-0.3, -0.25) is 0 Å². The Bertz CT molecular complexity index is 718. The van der Waals surface area contributed by atoms with Gasteiger partial charge in [0.1, 0.15) is 17.8 Å². The predicted molar refractivity (Wildman–Crippen MR) is 84.5 cm³/mol. The van der Waals surface area contributed by atoms with Gasteiger partial charge < -0.3 is 15.0 Å². The van der Waals surface area contributed by atoms with Crippen molar-refractivity contribution < 1.29 is 17.9 Å². The molecule has 3 heterocycles. The summed E-state index contributed by atoms with van der Waals surface area (Å²) in [6.45, 7) is 1.37. The van der Waals surface area contributed by atoms with E-state index in [2.05, 4.69) is 25.3 Å². The van der Waals surface area contributed by atoms with Gasteiger partial charge in [-0.15, -0.1) is 0 Å². The van der Waals surface area contributed by atoms with E-state index in [0.717, 1.165) is 25.2 Å². The number of alkyl halides is 3. The Labute approximate surface area is 142 Å². The molecule has 134 valence electrons. The van der Waals surface area contributed by atoms with E-state index in [9.17, 15) is 13.2 Å². The van der Waals surface area contributed by atoms with Crippen LogP contribution in [0.2, 0.25) is 0 Å². The molecule has 0 saturated carbocycles. The number of rotatable bonds is 4. The van der Waals surface area contributed by atoms with E-state index in [-0.39, 0.29) is 11.9 Å². The Kier molecular flexibility index (Phi) is 4.86. The second kappa shape index (κ2) is 7.08. The molecular formula is C15H17F3N6O. The molecular weight excluding hydrogens is 337 g/mol. The Morgan fingerprint density at radius 1 is 1.20 bits per heavy atom. The molecule has 2 aromatic heterocycles. The molecule has 0 atom stereocenters. The molecule has 2 aromatic rings. The fraction of sp³-hybridized carbons (Fsp3) is 0.467. The maximum Gasteiger partial charge on any atom is 0.433 e. The summed E-state index contributed by atoms with van der Waals surface area (Å²) in [6, 6.07) is 2.63. The molecule has 0 radical (unpaired) electrons. The molecule has 0 spiro atoms. The Morgan fingerprint density at radius 3 is 2.64 bits per heavy atom. The lowest BCUT2D eigenvalue weighted by Gasteiger charge is -2.32. The first-order valence-electron chi connectivity index (χ1n) is 7.73. The molecule has 1 aliphatic heterocycles. The van der Waals surface area contributed by atoms with Crippen molar-refractivity contribution in [3.8, 4) is 5.88 Å². The minimum absolute atomic E-state index is 0.0258. The van der Waals surface area contributed by atoms with Gasteiger partial charge in [0.15, 0.2) is 0 Å². The minimum Gasteiger partial charge on any atom is -0.481 e. The first kappa shape index (κ1) is 17.2. The van der Waals surface area contributed by atoms with Crippen LogP contribution in [-0.2, 0) is 6.18 Å². The lowest BCUT2D eigenvalue weighted by molar-refractivity contribution is -0.141. The molecule has 3 rings (SSSR count). The molecule has 10 heteroatoms. The van der Waals surface area contributed by atoms with E-state index in [1.165, 1.54) is 0 Å². The van der Waals surface area contributed by atoms with E-state index in [1.807, 2.05) is 4.90 Å². The second-order valence-corrected chi connectivity index (χ2v) is 5.59. The van der Waals surface area contributed by atoms with Crippen molar-refractivity contribution in [2.75, 3.05) is 30.4 Å². The van der Waals surface area contributed by atoms with Crippen molar-refractivity contribution in [1.29, 1.82) is 0 Å². The average molecular weight is 354 g/mol. The van der Waals surface area contributed by atoms with Crippen molar-refractivity contribution in [2.24, 2.45) is 0 Å². The van der Waals surface area contributed by atoms with Gasteiger partial charge >= 0.3 is 6.18 Å². The predicted octanol–water partition coefficient (Wildman–Crippen LogP) is 2.37. The molecule has 0 bridgehead atoms. The van der Waals surface area contributed by atoms with Crippen LogP contribution < -0.4 is 15.0 Å². The zero-order valence-corrected chi connectivity index (χ0v) is 13.5. The fourth-order valence-corrected chi connectivity index (χ4v) is 2.62. The van der Waals surface area contributed by atoms with Crippen LogP contribution in [0.4, 0.5) is 24.9 Å². The number of hydrogen-bond acceptors (Lipinski definition) is 7. The van der Waals surface area contributed by atoms with Crippen molar-refractivity contribution >= 4 is 11.8 Å². The maximum absolute atomic E-state index is 12.7. The van der Waals surface area contributed by atoms with Crippen molar-refractivity contribution in [3.63, 3.8) is 0 Å². The van der Waals surface area contributed by atoms with Crippen LogP contribution in [-0.4, -0.2) is 46.2 Å². The van der Waals surface area contributed by atoms with Crippen molar-refractivity contribution in [1.82, 2.24) is 19.9 Å². The Morgan fingerprint density at radius 2 is 1.96 bits per heavy atom. The van der Waals surface area contributed by atoms with E-state index in [1.54, 1.807) is 19.4 Å². The van der Waals surface area contributed by atoms with Gasteiger partial charge in [0.2, 0.25) is 11.8 Å². The number of anilines is 2. The molecule has 0 aliphatic carbocycles. The van der Waals surface area contributed by atoms with E-state index in [4.69, 9.17) is 4.74 Å². The number of nitrogens with one attached hydrogen (secondary N) is 1. The van der Waals surface area contributed by atoms with Crippen molar-refractivity contribution in [2.45, 2.75) is 25.1 Å². The standard InChI is InChI=1S/C15H17F3N6O/c1-25-13-2-5-19-14(23-13)24-6-3-10(4-7-24)22-12-8-11(15(16,17)18)20-9-21-12/h2,5,8-10H,3-4,6-7H2,1H3,(H,20,21,22). The van der Waals surface area contributed by atoms with Gasteiger partial charge in [0, 0.05) is 37.5 Å². The highest BCUT2D eigenvalue weighted by Crippen LogP contribution is 2.28. The lowest BCUT2D eigenvalue weighted by atomic mass is 10.1. The topological polar surface area (TPSA) is 76.1 Å². The zero-order valence-electron chi connectivity index (χ0n) is 13.5.